The molecule has 0 saturated heterocycles. The van der Waals surface area contributed by atoms with Gasteiger partial charge in [-0.3, -0.25) is 24.0 Å². The van der Waals surface area contributed by atoms with Gasteiger partial charge in [0.2, 0.25) is 11.8 Å². The van der Waals surface area contributed by atoms with E-state index in [2.05, 4.69) is 5.32 Å². The molecule has 0 aliphatic rings. The van der Waals surface area contributed by atoms with Gasteiger partial charge in [0.1, 0.15) is 18.3 Å². The number of nitrogens with zero attached hydrogens (tertiary/aromatic N) is 3. The standard InChI is InChI=1S/C29H34N4O7S/c1-4-5-17-30-29(35)22(2)31(20-23-11-9-14-26(18-23)40-3)28(34)21-32(24-12-10-13-25(19-24)33(36)37)41(38,39)27-15-7-6-8-16-27/h6-16,18-19,22H,4-5,17,20-21H2,1-3H3,(H,30,35). The molecule has 1 atom stereocenters. The molecule has 0 radical (unpaired) electrons. The van der Waals surface area contributed by atoms with Crippen LogP contribution in [0.1, 0.15) is 32.3 Å². The van der Waals surface area contributed by atoms with E-state index >= 15 is 0 Å². The predicted molar refractivity (Wildman–Crippen MR) is 155 cm³/mol. The molecule has 218 valence electrons. The van der Waals surface area contributed by atoms with Crippen molar-refractivity contribution in [1.82, 2.24) is 10.2 Å². The fourth-order valence-electron chi connectivity index (χ4n) is 4.10. The highest BCUT2D eigenvalue weighted by atomic mass is 32.2. The molecule has 0 aliphatic heterocycles. The maximum Gasteiger partial charge on any atom is 0.271 e. The largest absolute Gasteiger partial charge is 0.497 e. The average Bonchev–Trinajstić information content (AvgIpc) is 2.98. The molecule has 3 aromatic carbocycles. The number of carbonyl (C=O) groups is 2. The molecule has 0 saturated carbocycles. The number of ether oxygens (including phenoxy) is 1. The molecule has 12 heteroatoms. The molecule has 2 amide bonds. The number of carbonyl (C=O) groups excluding carboxylic acids is 2. The number of anilines is 1. The molecule has 0 fully saturated rings. The van der Waals surface area contributed by atoms with Gasteiger partial charge in [0.25, 0.3) is 15.7 Å². The Morgan fingerprint density at radius 1 is 1.02 bits per heavy atom. The van der Waals surface area contributed by atoms with Crippen molar-refractivity contribution in [2.24, 2.45) is 0 Å². The second-order valence-electron chi connectivity index (χ2n) is 9.30. The first-order valence-corrected chi connectivity index (χ1v) is 14.5. The minimum atomic E-state index is -4.33. The van der Waals surface area contributed by atoms with E-state index in [1.54, 1.807) is 37.3 Å². The number of hydrogen-bond donors (Lipinski definition) is 1. The second kappa shape index (κ2) is 14.3. The summed E-state index contributed by atoms with van der Waals surface area (Å²) in [7, 11) is -2.82. The quantitative estimate of drug-likeness (QED) is 0.171. The molecule has 0 aromatic heterocycles. The first kappa shape index (κ1) is 31.1. The summed E-state index contributed by atoms with van der Waals surface area (Å²) < 4.78 is 33.7. The van der Waals surface area contributed by atoms with Gasteiger partial charge in [-0.05, 0) is 49.2 Å². The Morgan fingerprint density at radius 3 is 2.39 bits per heavy atom. The Kier molecular flexibility index (Phi) is 10.8. The number of non-ortho nitro benzene ring substituents is 1. The molecule has 1 N–H and O–H groups in total. The number of methoxy groups -OCH3 is 1. The van der Waals surface area contributed by atoms with Gasteiger partial charge in [0.15, 0.2) is 0 Å². The van der Waals surface area contributed by atoms with E-state index in [0.717, 1.165) is 23.2 Å². The van der Waals surface area contributed by atoms with Crippen LogP contribution in [0.2, 0.25) is 0 Å². The van der Waals surface area contributed by atoms with Crippen LogP contribution >= 0.6 is 0 Å². The number of nitro groups is 1. The number of sulfonamides is 1. The Bertz CT molecular complexity index is 1460. The van der Waals surface area contributed by atoms with Gasteiger partial charge in [-0.1, -0.05) is 49.7 Å². The monoisotopic (exact) mass is 582 g/mol. The topological polar surface area (TPSA) is 139 Å². The predicted octanol–water partition coefficient (Wildman–Crippen LogP) is 4.13. The van der Waals surface area contributed by atoms with Crippen molar-refractivity contribution in [3.8, 4) is 5.75 Å². The van der Waals surface area contributed by atoms with Gasteiger partial charge in [-0.2, -0.15) is 0 Å². The smallest absolute Gasteiger partial charge is 0.271 e. The van der Waals surface area contributed by atoms with E-state index in [4.69, 9.17) is 4.74 Å². The Labute approximate surface area is 239 Å². The summed E-state index contributed by atoms with van der Waals surface area (Å²) in [6.45, 7) is 3.29. The zero-order valence-corrected chi connectivity index (χ0v) is 24.0. The molecule has 0 spiro atoms. The minimum absolute atomic E-state index is 0.00738. The number of nitrogens with one attached hydrogen (secondary N) is 1. The van der Waals surface area contributed by atoms with Gasteiger partial charge < -0.3 is 15.0 Å². The van der Waals surface area contributed by atoms with Crippen LogP contribution in [0.4, 0.5) is 11.4 Å². The highest BCUT2D eigenvalue weighted by molar-refractivity contribution is 7.92. The summed E-state index contributed by atoms with van der Waals surface area (Å²) in [4.78, 5) is 39.0. The van der Waals surface area contributed by atoms with E-state index < -0.39 is 33.4 Å². The minimum Gasteiger partial charge on any atom is -0.497 e. The average molecular weight is 583 g/mol. The number of rotatable bonds is 14. The second-order valence-corrected chi connectivity index (χ2v) is 11.2. The van der Waals surface area contributed by atoms with Crippen molar-refractivity contribution in [3.05, 3.63) is 94.5 Å². The summed E-state index contributed by atoms with van der Waals surface area (Å²) in [5.41, 5.74) is 0.275. The molecule has 1 unspecified atom stereocenters. The molecule has 0 heterocycles. The van der Waals surface area contributed by atoms with Gasteiger partial charge in [-0.25, -0.2) is 8.42 Å². The molecule has 0 bridgehead atoms. The first-order chi connectivity index (χ1) is 19.6. The van der Waals surface area contributed by atoms with E-state index in [1.807, 2.05) is 6.92 Å². The van der Waals surface area contributed by atoms with Crippen molar-refractivity contribution in [2.45, 2.75) is 44.2 Å². The van der Waals surface area contributed by atoms with Crippen LogP contribution < -0.4 is 14.4 Å². The summed E-state index contributed by atoms with van der Waals surface area (Å²) in [6.07, 6.45) is 1.63. The lowest BCUT2D eigenvalue weighted by atomic mass is 10.1. The molecule has 3 aromatic rings. The molecule has 41 heavy (non-hydrogen) atoms. The molecular formula is C29H34N4O7S. The number of unbranched alkanes of at least 4 members (excludes halogenated alkanes) is 1. The fourth-order valence-corrected chi connectivity index (χ4v) is 5.52. The number of amides is 2. The highest BCUT2D eigenvalue weighted by Crippen LogP contribution is 2.27. The summed E-state index contributed by atoms with van der Waals surface area (Å²) >= 11 is 0. The van der Waals surface area contributed by atoms with Crippen molar-refractivity contribution in [2.75, 3.05) is 24.5 Å². The van der Waals surface area contributed by atoms with Crippen LogP contribution in [0.15, 0.2) is 83.8 Å². The maximum atomic E-state index is 13.9. The van der Waals surface area contributed by atoms with Crippen molar-refractivity contribution in [1.29, 1.82) is 0 Å². The fraction of sp³-hybridized carbons (Fsp3) is 0.310. The summed E-state index contributed by atoms with van der Waals surface area (Å²) in [5, 5.41) is 14.3. The van der Waals surface area contributed by atoms with E-state index in [0.29, 0.717) is 17.9 Å². The van der Waals surface area contributed by atoms with Gasteiger partial charge in [-0.15, -0.1) is 0 Å². The highest BCUT2D eigenvalue weighted by Gasteiger charge is 2.33. The number of hydrogen-bond acceptors (Lipinski definition) is 7. The van der Waals surface area contributed by atoms with Gasteiger partial charge in [0.05, 0.1) is 22.6 Å². The lowest BCUT2D eigenvalue weighted by molar-refractivity contribution is -0.384. The van der Waals surface area contributed by atoms with E-state index in [1.165, 1.54) is 54.5 Å². The maximum absolute atomic E-state index is 13.9. The molecule has 11 nitrogen and oxygen atoms in total. The third-order valence-corrected chi connectivity index (χ3v) is 8.21. The summed E-state index contributed by atoms with van der Waals surface area (Å²) in [6, 6.07) is 18.6. The van der Waals surface area contributed by atoms with Crippen molar-refractivity contribution in [3.63, 3.8) is 0 Å². The third-order valence-electron chi connectivity index (χ3n) is 6.42. The number of nitro benzene ring substituents is 1. The molecule has 0 aliphatic carbocycles. The zero-order chi connectivity index (χ0) is 30.0. The SMILES string of the molecule is CCCCNC(=O)C(C)N(Cc1cccc(OC)c1)C(=O)CN(c1cccc([N+](=O)[O-])c1)S(=O)(=O)c1ccccc1. The van der Waals surface area contributed by atoms with E-state index in [9.17, 15) is 28.1 Å². The number of benzene rings is 3. The van der Waals surface area contributed by atoms with Crippen LogP contribution in [-0.4, -0.2) is 56.3 Å². The lowest BCUT2D eigenvalue weighted by Gasteiger charge is -2.32. The molecule has 3 rings (SSSR count). The van der Waals surface area contributed by atoms with Crippen LogP contribution in [0.5, 0.6) is 5.75 Å². The van der Waals surface area contributed by atoms with Gasteiger partial charge >= 0.3 is 0 Å². The zero-order valence-electron chi connectivity index (χ0n) is 23.2. The molecular weight excluding hydrogens is 548 g/mol. The first-order valence-electron chi connectivity index (χ1n) is 13.1. The van der Waals surface area contributed by atoms with E-state index in [-0.39, 0.29) is 28.7 Å². The van der Waals surface area contributed by atoms with Crippen LogP contribution in [0.3, 0.4) is 0 Å². The van der Waals surface area contributed by atoms with Crippen molar-refractivity contribution >= 4 is 33.2 Å². The van der Waals surface area contributed by atoms with Crippen LogP contribution in [-0.2, 0) is 26.2 Å². The Balaban J connectivity index is 2.04. The van der Waals surface area contributed by atoms with Gasteiger partial charge in [0, 0.05) is 25.2 Å². The lowest BCUT2D eigenvalue weighted by Crippen LogP contribution is -2.51. The van der Waals surface area contributed by atoms with Crippen molar-refractivity contribution < 1.29 is 27.7 Å². The third kappa shape index (κ3) is 8.04. The van der Waals surface area contributed by atoms with Crippen LogP contribution in [0.25, 0.3) is 0 Å². The summed E-state index contributed by atoms with van der Waals surface area (Å²) in [5.74, 6) is -0.501. The normalized spacial score (nSPS) is 11.8. The Hall–Kier alpha value is -4.45. The Morgan fingerprint density at radius 2 is 1.73 bits per heavy atom. The van der Waals surface area contributed by atoms with Crippen LogP contribution in [0, 0.1) is 10.1 Å².